The third-order valence-corrected chi connectivity index (χ3v) is 3.61. The van der Waals surface area contributed by atoms with Gasteiger partial charge in [0, 0.05) is 16.1 Å². The van der Waals surface area contributed by atoms with Crippen molar-refractivity contribution in [2.24, 2.45) is 0 Å². The van der Waals surface area contributed by atoms with E-state index >= 15 is 0 Å². The van der Waals surface area contributed by atoms with Gasteiger partial charge in [0.25, 0.3) is 5.91 Å². The van der Waals surface area contributed by atoms with E-state index < -0.39 is 0 Å². The van der Waals surface area contributed by atoms with Crippen molar-refractivity contribution in [2.45, 2.75) is 6.92 Å². The lowest BCUT2D eigenvalue weighted by atomic mass is 10.0. The smallest absolute Gasteiger partial charge is 0.256 e. The van der Waals surface area contributed by atoms with Crippen LogP contribution in [0.5, 0.6) is 0 Å². The molecule has 17 heavy (non-hydrogen) atoms. The van der Waals surface area contributed by atoms with Crippen LogP contribution in [0.1, 0.15) is 16.0 Å². The number of aryl methyl sites for hydroxylation is 1. The van der Waals surface area contributed by atoms with E-state index in [0.717, 1.165) is 27.3 Å². The normalized spacial score (nSPS) is 16.1. The molecule has 0 saturated heterocycles. The molecule has 2 aromatic rings. The molecule has 1 aliphatic rings. The highest BCUT2D eigenvalue weighted by Gasteiger charge is 2.23. The first kappa shape index (κ1) is 10.3. The molecule has 0 bridgehead atoms. The molecule has 1 amide bonds. The first-order valence-corrected chi connectivity index (χ1v) is 6.29. The molecule has 0 fully saturated rings. The van der Waals surface area contributed by atoms with Crippen molar-refractivity contribution in [1.29, 1.82) is 0 Å². The minimum atomic E-state index is -0.0148. The van der Waals surface area contributed by atoms with Gasteiger partial charge in [0.1, 0.15) is 0 Å². The fourth-order valence-electron chi connectivity index (χ4n) is 1.96. The molecular formula is C14H11NOS. The fraction of sp³-hybridized carbons (Fsp3) is 0.0714. The van der Waals surface area contributed by atoms with Crippen LogP contribution in [0.4, 0.5) is 5.69 Å². The number of hydrogen-bond acceptors (Lipinski definition) is 2. The van der Waals surface area contributed by atoms with Crippen molar-refractivity contribution in [1.82, 2.24) is 0 Å². The fourth-order valence-corrected chi connectivity index (χ4v) is 2.62. The molecule has 3 heteroatoms. The van der Waals surface area contributed by atoms with Crippen molar-refractivity contribution in [2.75, 3.05) is 5.32 Å². The number of hydrogen-bond donors (Lipinski definition) is 1. The van der Waals surface area contributed by atoms with Crippen molar-refractivity contribution < 1.29 is 4.79 Å². The number of rotatable bonds is 1. The average molecular weight is 241 g/mol. The second kappa shape index (κ2) is 3.86. The predicted octanol–water partition coefficient (Wildman–Crippen LogP) is 3.55. The molecule has 0 spiro atoms. The number of fused-ring (bicyclic) bond motifs is 1. The van der Waals surface area contributed by atoms with Crippen LogP contribution in [0, 0.1) is 6.92 Å². The number of amides is 1. The Morgan fingerprint density at radius 2 is 2.18 bits per heavy atom. The van der Waals surface area contributed by atoms with Gasteiger partial charge in [0.2, 0.25) is 0 Å². The molecule has 0 saturated carbocycles. The zero-order valence-corrected chi connectivity index (χ0v) is 10.2. The molecule has 0 atom stereocenters. The molecule has 0 aliphatic carbocycles. The van der Waals surface area contributed by atoms with Gasteiger partial charge < -0.3 is 5.32 Å². The zero-order valence-electron chi connectivity index (χ0n) is 9.36. The Hall–Kier alpha value is -1.87. The van der Waals surface area contributed by atoms with Crippen molar-refractivity contribution in [3.05, 3.63) is 51.7 Å². The molecule has 1 N–H and O–H groups in total. The first-order chi connectivity index (χ1) is 8.24. The average Bonchev–Trinajstić information content (AvgIpc) is 2.90. The van der Waals surface area contributed by atoms with Gasteiger partial charge in [-0.2, -0.15) is 0 Å². The highest BCUT2D eigenvalue weighted by Crippen LogP contribution is 2.34. The maximum absolute atomic E-state index is 11.9. The topological polar surface area (TPSA) is 29.1 Å². The Morgan fingerprint density at radius 3 is 2.94 bits per heavy atom. The summed E-state index contributed by atoms with van der Waals surface area (Å²) in [5.41, 5.74) is 3.83. The van der Waals surface area contributed by atoms with Crippen LogP contribution < -0.4 is 5.32 Å². The van der Waals surface area contributed by atoms with Crippen LogP contribution in [-0.2, 0) is 4.79 Å². The summed E-state index contributed by atoms with van der Waals surface area (Å²) in [5.74, 6) is -0.0148. The summed E-state index contributed by atoms with van der Waals surface area (Å²) in [6.45, 7) is 2.03. The molecular weight excluding hydrogens is 230 g/mol. The third kappa shape index (κ3) is 1.78. The zero-order chi connectivity index (χ0) is 11.8. The first-order valence-electron chi connectivity index (χ1n) is 5.41. The van der Waals surface area contributed by atoms with Crippen molar-refractivity contribution in [3.8, 4) is 0 Å². The van der Waals surface area contributed by atoms with E-state index in [9.17, 15) is 4.79 Å². The summed E-state index contributed by atoms with van der Waals surface area (Å²) >= 11 is 1.63. The SMILES string of the molecule is Cc1ccc2c(c1)/C(=C\c1cccs1)C(=O)N2. The number of nitrogens with one attached hydrogen (secondary N) is 1. The van der Waals surface area contributed by atoms with Crippen LogP contribution in [-0.4, -0.2) is 5.91 Å². The second-order valence-electron chi connectivity index (χ2n) is 4.08. The molecule has 1 aliphatic heterocycles. The number of benzene rings is 1. The minimum Gasteiger partial charge on any atom is -0.321 e. The lowest BCUT2D eigenvalue weighted by Gasteiger charge is -1.99. The van der Waals surface area contributed by atoms with Crippen molar-refractivity contribution >= 4 is 34.6 Å². The van der Waals surface area contributed by atoms with E-state index in [4.69, 9.17) is 0 Å². The van der Waals surface area contributed by atoms with Crippen molar-refractivity contribution in [3.63, 3.8) is 0 Å². The van der Waals surface area contributed by atoms with Gasteiger partial charge in [0.05, 0.1) is 5.57 Å². The van der Waals surface area contributed by atoms with E-state index in [1.807, 2.05) is 48.7 Å². The number of thiophene rings is 1. The van der Waals surface area contributed by atoms with E-state index in [1.54, 1.807) is 11.3 Å². The largest absolute Gasteiger partial charge is 0.321 e. The molecule has 0 unspecified atom stereocenters. The van der Waals surface area contributed by atoms with Gasteiger partial charge in [-0.25, -0.2) is 0 Å². The van der Waals surface area contributed by atoms with E-state index in [0.29, 0.717) is 0 Å². The van der Waals surface area contributed by atoms with E-state index in [1.165, 1.54) is 0 Å². The minimum absolute atomic E-state index is 0.0148. The Kier molecular flexibility index (Phi) is 2.34. The van der Waals surface area contributed by atoms with Gasteiger partial charge in [-0.1, -0.05) is 17.7 Å². The second-order valence-corrected chi connectivity index (χ2v) is 5.06. The van der Waals surface area contributed by atoms with Crippen LogP contribution in [0.25, 0.3) is 11.6 Å². The lowest BCUT2D eigenvalue weighted by Crippen LogP contribution is -2.03. The Balaban J connectivity index is 2.13. The summed E-state index contributed by atoms with van der Waals surface area (Å²) in [6.07, 6.45) is 1.95. The predicted molar refractivity (Wildman–Crippen MR) is 72.0 cm³/mol. The summed E-state index contributed by atoms with van der Waals surface area (Å²) in [6, 6.07) is 10.0. The summed E-state index contributed by atoms with van der Waals surface area (Å²) in [7, 11) is 0. The molecule has 3 rings (SSSR count). The molecule has 2 heterocycles. The highest BCUT2D eigenvalue weighted by atomic mass is 32.1. The van der Waals surface area contributed by atoms with Gasteiger partial charge in [-0.3, -0.25) is 4.79 Å². The maximum Gasteiger partial charge on any atom is 0.256 e. The monoisotopic (exact) mass is 241 g/mol. The number of carbonyl (C=O) groups is 1. The number of anilines is 1. The van der Waals surface area contributed by atoms with Crippen LogP contribution >= 0.6 is 11.3 Å². The van der Waals surface area contributed by atoms with Gasteiger partial charge in [-0.05, 0) is 36.6 Å². The highest BCUT2D eigenvalue weighted by molar-refractivity contribution is 7.11. The Labute approximate surface area is 104 Å². The van der Waals surface area contributed by atoms with E-state index in [2.05, 4.69) is 5.32 Å². The number of carbonyl (C=O) groups excluding carboxylic acids is 1. The molecule has 84 valence electrons. The Morgan fingerprint density at radius 1 is 1.29 bits per heavy atom. The maximum atomic E-state index is 11.9. The molecule has 1 aromatic carbocycles. The Bertz CT molecular complexity index is 611. The standard InChI is InChI=1S/C14H11NOS/c1-9-4-5-13-11(7-9)12(14(16)15-13)8-10-3-2-6-17-10/h2-8H,1H3,(H,15,16)/b12-8+. The molecule has 0 radical (unpaired) electrons. The lowest BCUT2D eigenvalue weighted by molar-refractivity contribution is -0.110. The van der Waals surface area contributed by atoms with Gasteiger partial charge in [-0.15, -0.1) is 11.3 Å². The van der Waals surface area contributed by atoms with Crippen LogP contribution in [0.3, 0.4) is 0 Å². The quantitative estimate of drug-likeness (QED) is 0.760. The molecule has 1 aromatic heterocycles. The molecule has 2 nitrogen and oxygen atoms in total. The van der Waals surface area contributed by atoms with Crippen LogP contribution in [0.15, 0.2) is 35.7 Å². The third-order valence-electron chi connectivity index (χ3n) is 2.79. The van der Waals surface area contributed by atoms with Gasteiger partial charge in [0.15, 0.2) is 0 Å². The summed E-state index contributed by atoms with van der Waals surface area (Å²) < 4.78 is 0. The summed E-state index contributed by atoms with van der Waals surface area (Å²) in [5, 5.41) is 4.89. The van der Waals surface area contributed by atoms with E-state index in [-0.39, 0.29) is 5.91 Å². The summed E-state index contributed by atoms with van der Waals surface area (Å²) in [4.78, 5) is 13.0. The van der Waals surface area contributed by atoms with Crippen LogP contribution in [0.2, 0.25) is 0 Å². The van der Waals surface area contributed by atoms with Gasteiger partial charge >= 0.3 is 0 Å².